The highest BCUT2D eigenvalue weighted by Gasteiger charge is 2.16. The predicted octanol–water partition coefficient (Wildman–Crippen LogP) is 3.98. The maximum atomic E-state index is 12.6. The van der Waals surface area contributed by atoms with Crippen LogP contribution in [-0.4, -0.2) is 54.3 Å². The molecule has 1 saturated heterocycles. The second kappa shape index (κ2) is 9.91. The number of likely N-dealkylation sites (N-methyl/N-ethyl adjacent to an activating group) is 1. The molecule has 0 radical (unpaired) electrons. The largest absolute Gasteiger partial charge is 0.459 e. The number of benzene rings is 1. The monoisotopic (exact) mass is 438 g/mol. The molecule has 1 aliphatic heterocycles. The summed E-state index contributed by atoms with van der Waals surface area (Å²) in [5.74, 6) is -0.316. The van der Waals surface area contributed by atoms with Crippen molar-refractivity contribution in [2.24, 2.45) is 0 Å². The summed E-state index contributed by atoms with van der Waals surface area (Å²) in [5, 5.41) is 6.24. The van der Waals surface area contributed by atoms with E-state index in [1.807, 2.05) is 12.1 Å². The van der Waals surface area contributed by atoms with Gasteiger partial charge in [0.2, 0.25) is 0 Å². The lowest BCUT2D eigenvalue weighted by Gasteiger charge is -2.34. The van der Waals surface area contributed by atoms with E-state index < -0.39 is 0 Å². The first-order valence-corrected chi connectivity index (χ1v) is 11.2. The molecule has 3 aromatic rings. The van der Waals surface area contributed by atoms with Gasteiger partial charge in [-0.2, -0.15) is 0 Å². The van der Waals surface area contributed by atoms with Crippen LogP contribution in [0.1, 0.15) is 32.7 Å². The lowest BCUT2D eigenvalue weighted by Crippen LogP contribution is -2.45. The molecule has 0 aliphatic carbocycles. The maximum Gasteiger partial charge on any atom is 0.291 e. The van der Waals surface area contributed by atoms with E-state index in [2.05, 4.69) is 39.5 Å². The van der Waals surface area contributed by atoms with Crippen molar-refractivity contribution in [1.29, 1.82) is 0 Å². The first-order chi connectivity index (χ1) is 15.1. The number of rotatable bonds is 7. The number of hydrogen-bond donors (Lipinski definition) is 2. The van der Waals surface area contributed by atoms with E-state index in [1.165, 1.54) is 23.2 Å². The molecule has 1 aliphatic rings. The summed E-state index contributed by atoms with van der Waals surface area (Å²) in [7, 11) is 0. The average Bonchev–Trinajstić information content (AvgIpc) is 3.48. The Kier molecular flexibility index (Phi) is 6.81. The van der Waals surface area contributed by atoms with Crippen molar-refractivity contribution >= 4 is 33.8 Å². The Morgan fingerprint density at radius 1 is 0.935 bits per heavy atom. The molecule has 1 fully saturated rings. The van der Waals surface area contributed by atoms with Gasteiger partial charge in [-0.1, -0.05) is 19.1 Å². The van der Waals surface area contributed by atoms with Crippen LogP contribution in [0.3, 0.4) is 0 Å². The predicted molar refractivity (Wildman–Crippen MR) is 123 cm³/mol. The normalized spacial score (nSPS) is 15.0. The van der Waals surface area contributed by atoms with E-state index in [0.717, 1.165) is 45.0 Å². The Bertz CT molecular complexity index is 1010. The van der Waals surface area contributed by atoms with E-state index in [9.17, 15) is 9.59 Å². The molecule has 0 bridgehead atoms. The van der Waals surface area contributed by atoms with Crippen LogP contribution in [0.2, 0.25) is 0 Å². The minimum Gasteiger partial charge on any atom is -0.459 e. The van der Waals surface area contributed by atoms with Gasteiger partial charge in [-0.25, -0.2) is 0 Å². The standard InChI is InChI=1S/C23H26N4O3S/c1-2-26-11-13-27(14-12-26)16-17-5-7-18(8-6-17)24-23(29)20-9-10-21(31-20)25-22(28)19-4-3-15-30-19/h3-10,15H,2,11-14,16H2,1H3,(H,24,29)(H,25,28). The minimum atomic E-state index is -0.342. The minimum absolute atomic E-state index is 0.202. The highest BCUT2D eigenvalue weighted by Crippen LogP contribution is 2.24. The van der Waals surface area contributed by atoms with Gasteiger partial charge in [-0.3, -0.25) is 14.5 Å². The van der Waals surface area contributed by atoms with E-state index in [0.29, 0.717) is 9.88 Å². The summed E-state index contributed by atoms with van der Waals surface area (Å²) in [6.45, 7) is 8.66. The van der Waals surface area contributed by atoms with Gasteiger partial charge in [0.15, 0.2) is 5.76 Å². The van der Waals surface area contributed by atoms with E-state index in [4.69, 9.17) is 4.42 Å². The quantitative estimate of drug-likeness (QED) is 0.583. The summed E-state index contributed by atoms with van der Waals surface area (Å²) in [6.07, 6.45) is 1.44. The second-order valence-corrected chi connectivity index (χ2v) is 8.54. The summed E-state index contributed by atoms with van der Waals surface area (Å²) in [4.78, 5) is 30.1. The highest BCUT2D eigenvalue weighted by atomic mass is 32.1. The molecule has 0 unspecified atom stereocenters. The molecule has 2 aromatic heterocycles. The van der Waals surface area contributed by atoms with Gasteiger partial charge < -0.3 is 20.0 Å². The Labute approximate surface area is 185 Å². The molecule has 2 N–H and O–H groups in total. The van der Waals surface area contributed by atoms with Crippen molar-refractivity contribution in [2.45, 2.75) is 13.5 Å². The van der Waals surface area contributed by atoms with Crippen LogP contribution in [0.4, 0.5) is 10.7 Å². The fraction of sp³-hybridized carbons (Fsp3) is 0.304. The lowest BCUT2D eigenvalue weighted by atomic mass is 10.1. The van der Waals surface area contributed by atoms with Gasteiger partial charge in [0.1, 0.15) is 0 Å². The third-order valence-electron chi connectivity index (χ3n) is 5.34. The number of carbonyl (C=O) groups excluding carboxylic acids is 2. The molecule has 7 nitrogen and oxygen atoms in total. The number of hydrogen-bond acceptors (Lipinski definition) is 6. The number of nitrogens with one attached hydrogen (secondary N) is 2. The van der Waals surface area contributed by atoms with Crippen LogP contribution >= 0.6 is 11.3 Å². The smallest absolute Gasteiger partial charge is 0.291 e. The van der Waals surface area contributed by atoms with E-state index in [-0.39, 0.29) is 17.6 Å². The van der Waals surface area contributed by atoms with Gasteiger partial charge in [-0.05, 0) is 48.5 Å². The van der Waals surface area contributed by atoms with Gasteiger partial charge in [-0.15, -0.1) is 11.3 Å². The first-order valence-electron chi connectivity index (χ1n) is 10.4. The molecule has 0 spiro atoms. The van der Waals surface area contributed by atoms with Gasteiger partial charge in [0.25, 0.3) is 11.8 Å². The average molecular weight is 439 g/mol. The molecule has 2 amide bonds. The maximum absolute atomic E-state index is 12.6. The molecule has 8 heteroatoms. The Hall–Kier alpha value is -2.94. The second-order valence-electron chi connectivity index (χ2n) is 7.46. The SMILES string of the molecule is CCN1CCN(Cc2ccc(NC(=O)c3ccc(NC(=O)c4ccco4)s3)cc2)CC1. The van der Waals surface area contributed by atoms with Crippen molar-refractivity contribution in [2.75, 3.05) is 43.4 Å². The number of piperazine rings is 1. The van der Waals surface area contributed by atoms with Crippen molar-refractivity contribution in [1.82, 2.24) is 9.80 Å². The Morgan fingerprint density at radius 2 is 1.68 bits per heavy atom. The molecule has 3 heterocycles. The number of nitrogens with zero attached hydrogens (tertiary/aromatic N) is 2. The summed E-state index contributed by atoms with van der Waals surface area (Å²) < 4.78 is 5.08. The lowest BCUT2D eigenvalue weighted by molar-refractivity contribution is 0.0995. The van der Waals surface area contributed by atoms with Crippen LogP contribution in [0.15, 0.2) is 59.2 Å². The fourth-order valence-electron chi connectivity index (χ4n) is 3.52. The number of anilines is 2. The van der Waals surface area contributed by atoms with Crippen LogP contribution in [0, 0.1) is 0 Å². The summed E-state index contributed by atoms with van der Waals surface area (Å²) >= 11 is 1.22. The number of thiophene rings is 1. The number of carbonyl (C=O) groups is 2. The van der Waals surface area contributed by atoms with Crippen molar-refractivity contribution in [3.63, 3.8) is 0 Å². The summed E-state index contributed by atoms with van der Waals surface area (Å²) in [6, 6.07) is 14.6. The Balaban J connectivity index is 1.29. The summed E-state index contributed by atoms with van der Waals surface area (Å²) in [5.41, 5.74) is 1.99. The van der Waals surface area contributed by atoms with Crippen LogP contribution in [0.5, 0.6) is 0 Å². The van der Waals surface area contributed by atoms with Crippen molar-refractivity contribution < 1.29 is 14.0 Å². The molecule has 1 aromatic carbocycles. The van der Waals surface area contributed by atoms with Crippen LogP contribution in [0.25, 0.3) is 0 Å². The molecule has 4 rings (SSSR count). The molecule has 0 atom stereocenters. The molecule has 31 heavy (non-hydrogen) atoms. The molecule has 162 valence electrons. The number of amides is 2. The van der Waals surface area contributed by atoms with E-state index >= 15 is 0 Å². The van der Waals surface area contributed by atoms with E-state index in [1.54, 1.807) is 24.3 Å². The zero-order chi connectivity index (χ0) is 21.6. The van der Waals surface area contributed by atoms with Crippen LogP contribution < -0.4 is 10.6 Å². The van der Waals surface area contributed by atoms with Crippen LogP contribution in [-0.2, 0) is 6.54 Å². The van der Waals surface area contributed by atoms with Gasteiger partial charge >= 0.3 is 0 Å². The van der Waals surface area contributed by atoms with Gasteiger partial charge in [0, 0.05) is 38.4 Å². The van der Waals surface area contributed by atoms with Gasteiger partial charge in [0.05, 0.1) is 16.1 Å². The third kappa shape index (κ3) is 5.61. The Morgan fingerprint density at radius 3 is 2.35 bits per heavy atom. The number of furan rings is 1. The first kappa shape index (κ1) is 21.3. The molecular formula is C23H26N4O3S. The zero-order valence-corrected chi connectivity index (χ0v) is 18.3. The topological polar surface area (TPSA) is 77.8 Å². The van der Waals surface area contributed by atoms with Crippen molar-refractivity contribution in [3.05, 3.63) is 71.0 Å². The third-order valence-corrected chi connectivity index (χ3v) is 6.34. The van der Waals surface area contributed by atoms with Crippen molar-refractivity contribution in [3.8, 4) is 0 Å². The fourth-order valence-corrected chi connectivity index (χ4v) is 4.31. The highest BCUT2D eigenvalue weighted by molar-refractivity contribution is 7.18. The zero-order valence-electron chi connectivity index (χ0n) is 17.5. The molecule has 0 saturated carbocycles. The molecular weight excluding hydrogens is 412 g/mol.